The zero-order valence-corrected chi connectivity index (χ0v) is 10.1. The molecule has 0 saturated carbocycles. The zero-order chi connectivity index (χ0) is 13.1. The van der Waals surface area contributed by atoms with Crippen molar-refractivity contribution < 1.29 is 14.6 Å². The van der Waals surface area contributed by atoms with Gasteiger partial charge in [0.2, 0.25) is 0 Å². The van der Waals surface area contributed by atoms with Crippen LogP contribution in [0.3, 0.4) is 0 Å². The molecule has 0 aromatic heterocycles. The number of hydrogen-bond donors (Lipinski definition) is 2. The van der Waals surface area contributed by atoms with Crippen molar-refractivity contribution in [2.75, 3.05) is 0 Å². The monoisotopic (exact) mass is 246 g/mol. The van der Waals surface area contributed by atoms with Crippen molar-refractivity contribution in [3.63, 3.8) is 0 Å². The molecule has 18 heavy (non-hydrogen) atoms. The highest BCUT2D eigenvalue weighted by Gasteiger charge is 2.09. The number of aromatic hydroxyl groups is 2. The van der Waals surface area contributed by atoms with Crippen molar-refractivity contribution in [3.8, 4) is 11.5 Å². The van der Waals surface area contributed by atoms with Crippen LogP contribution < -0.4 is 0 Å². The van der Waals surface area contributed by atoms with E-state index in [4.69, 9.17) is 5.11 Å². The lowest BCUT2D eigenvalue weighted by atomic mass is 9.93. The normalized spacial score (nSPS) is 12.3. The minimum absolute atomic E-state index is 0.143. The Labute approximate surface area is 105 Å². The lowest BCUT2D eigenvalue weighted by Crippen LogP contribution is -1.99. The predicted octanol–water partition coefficient (Wildman–Crippen LogP) is 3.58. The minimum atomic E-state index is -0.593. The van der Waals surface area contributed by atoms with E-state index in [0.717, 1.165) is 17.5 Å². The van der Waals surface area contributed by atoms with Crippen molar-refractivity contribution in [1.29, 1.82) is 0 Å². The van der Waals surface area contributed by atoms with Gasteiger partial charge >= 0.3 is 0 Å². The van der Waals surface area contributed by atoms with E-state index in [-0.39, 0.29) is 17.4 Å². The van der Waals surface area contributed by atoms with Crippen LogP contribution in [0.15, 0.2) is 42.5 Å². The van der Waals surface area contributed by atoms with E-state index >= 15 is 0 Å². The molecule has 0 heterocycles. The summed E-state index contributed by atoms with van der Waals surface area (Å²) >= 11 is 0. The zero-order valence-electron chi connectivity index (χ0n) is 10.1. The quantitative estimate of drug-likeness (QED) is 0.869. The van der Waals surface area contributed by atoms with Gasteiger partial charge in [-0.05, 0) is 47.7 Å². The first kappa shape index (κ1) is 12.4. The number of phenolic OH excluding ortho intramolecular Hbond substituents is 2. The maximum absolute atomic E-state index is 13.2. The molecule has 2 N–H and O–H groups in total. The molecule has 0 aliphatic rings. The Morgan fingerprint density at radius 2 is 1.72 bits per heavy atom. The number of phenols is 2. The van der Waals surface area contributed by atoms with E-state index in [1.165, 1.54) is 12.1 Å². The van der Waals surface area contributed by atoms with Gasteiger partial charge in [-0.2, -0.15) is 0 Å². The Morgan fingerprint density at radius 1 is 1.06 bits per heavy atom. The summed E-state index contributed by atoms with van der Waals surface area (Å²) in [5, 5.41) is 18.3. The fourth-order valence-electron chi connectivity index (χ4n) is 1.93. The van der Waals surface area contributed by atoms with Crippen molar-refractivity contribution in [1.82, 2.24) is 0 Å². The smallest absolute Gasteiger partial charge is 0.165 e. The molecule has 0 spiro atoms. The second kappa shape index (κ2) is 5.08. The van der Waals surface area contributed by atoms with Gasteiger partial charge < -0.3 is 10.2 Å². The van der Waals surface area contributed by atoms with Gasteiger partial charge in [-0.3, -0.25) is 0 Å². The SMILES string of the molecule is CC(Cc1ccc(O)cc1)c1ccc(O)c(F)c1. The summed E-state index contributed by atoms with van der Waals surface area (Å²) in [6.45, 7) is 2.00. The fraction of sp³-hybridized carbons (Fsp3) is 0.200. The molecule has 0 fully saturated rings. The first-order valence-electron chi connectivity index (χ1n) is 5.82. The standard InChI is InChI=1S/C15H15FO2/c1-10(8-11-2-5-13(17)6-3-11)12-4-7-15(18)14(16)9-12/h2-7,9-10,17-18H,8H2,1H3. The molecule has 1 unspecified atom stereocenters. The van der Waals surface area contributed by atoms with Crippen LogP contribution >= 0.6 is 0 Å². The van der Waals surface area contributed by atoms with Crippen LogP contribution in [0.1, 0.15) is 24.0 Å². The highest BCUT2D eigenvalue weighted by atomic mass is 19.1. The summed E-state index contributed by atoms with van der Waals surface area (Å²) < 4.78 is 13.2. The summed E-state index contributed by atoms with van der Waals surface area (Å²) in [6.07, 6.45) is 0.754. The van der Waals surface area contributed by atoms with Crippen LogP contribution in [0, 0.1) is 5.82 Å². The Balaban J connectivity index is 2.13. The Morgan fingerprint density at radius 3 is 2.33 bits per heavy atom. The van der Waals surface area contributed by atoms with Gasteiger partial charge in [0.05, 0.1) is 0 Å². The molecule has 0 amide bonds. The predicted molar refractivity (Wildman–Crippen MR) is 68.3 cm³/mol. The summed E-state index contributed by atoms with van der Waals surface area (Å²) in [7, 11) is 0. The van der Waals surface area contributed by atoms with E-state index < -0.39 is 5.82 Å². The Bertz CT molecular complexity index is 535. The number of rotatable bonds is 3. The third-order valence-electron chi connectivity index (χ3n) is 3.02. The molecule has 2 rings (SSSR count). The van der Waals surface area contributed by atoms with Crippen molar-refractivity contribution in [2.45, 2.75) is 19.3 Å². The van der Waals surface area contributed by atoms with Crippen molar-refractivity contribution in [3.05, 3.63) is 59.4 Å². The summed E-state index contributed by atoms with van der Waals surface area (Å²) in [4.78, 5) is 0. The number of benzene rings is 2. The molecular weight excluding hydrogens is 231 g/mol. The van der Waals surface area contributed by atoms with Gasteiger partial charge in [0.25, 0.3) is 0 Å². The molecule has 0 aliphatic carbocycles. The third-order valence-corrected chi connectivity index (χ3v) is 3.02. The Hall–Kier alpha value is -2.03. The van der Waals surface area contributed by atoms with Crippen LogP contribution in [0.4, 0.5) is 4.39 Å². The van der Waals surface area contributed by atoms with Crippen LogP contribution in [-0.2, 0) is 6.42 Å². The van der Waals surface area contributed by atoms with Crippen LogP contribution in [0.2, 0.25) is 0 Å². The lowest BCUT2D eigenvalue weighted by Gasteiger charge is -2.12. The molecule has 94 valence electrons. The molecule has 2 nitrogen and oxygen atoms in total. The fourth-order valence-corrected chi connectivity index (χ4v) is 1.93. The first-order chi connectivity index (χ1) is 8.56. The van der Waals surface area contributed by atoms with Gasteiger partial charge in [0, 0.05) is 0 Å². The third kappa shape index (κ3) is 2.80. The summed E-state index contributed by atoms with van der Waals surface area (Å²) in [5.41, 5.74) is 1.92. The minimum Gasteiger partial charge on any atom is -0.508 e. The number of halogens is 1. The molecular formula is C15H15FO2. The summed E-state index contributed by atoms with van der Waals surface area (Å²) in [6, 6.07) is 11.4. The van der Waals surface area contributed by atoms with Crippen LogP contribution in [-0.4, -0.2) is 10.2 Å². The average Bonchev–Trinajstić information content (AvgIpc) is 2.35. The van der Waals surface area contributed by atoms with E-state index in [9.17, 15) is 9.50 Å². The molecule has 0 bridgehead atoms. The molecule has 2 aromatic carbocycles. The molecule has 2 aromatic rings. The van der Waals surface area contributed by atoms with Gasteiger partial charge in [0.15, 0.2) is 11.6 Å². The van der Waals surface area contributed by atoms with E-state index in [1.54, 1.807) is 18.2 Å². The second-order valence-corrected chi connectivity index (χ2v) is 4.48. The van der Waals surface area contributed by atoms with Gasteiger partial charge in [-0.1, -0.05) is 25.1 Å². The molecule has 0 radical (unpaired) electrons. The second-order valence-electron chi connectivity index (χ2n) is 4.48. The largest absolute Gasteiger partial charge is 0.508 e. The van der Waals surface area contributed by atoms with Gasteiger partial charge in [0.1, 0.15) is 5.75 Å². The van der Waals surface area contributed by atoms with E-state index in [0.29, 0.717) is 0 Å². The van der Waals surface area contributed by atoms with E-state index in [1.807, 2.05) is 19.1 Å². The topological polar surface area (TPSA) is 40.5 Å². The Kier molecular flexibility index (Phi) is 3.51. The maximum Gasteiger partial charge on any atom is 0.165 e. The number of hydrogen-bond acceptors (Lipinski definition) is 2. The molecule has 3 heteroatoms. The first-order valence-corrected chi connectivity index (χ1v) is 5.82. The van der Waals surface area contributed by atoms with Gasteiger partial charge in [-0.15, -0.1) is 0 Å². The summed E-state index contributed by atoms with van der Waals surface area (Å²) in [5.74, 6) is -0.535. The van der Waals surface area contributed by atoms with Crippen molar-refractivity contribution in [2.24, 2.45) is 0 Å². The maximum atomic E-state index is 13.2. The molecule has 0 saturated heterocycles. The molecule has 1 atom stereocenters. The van der Waals surface area contributed by atoms with Crippen molar-refractivity contribution >= 4 is 0 Å². The highest BCUT2D eigenvalue weighted by Crippen LogP contribution is 2.25. The lowest BCUT2D eigenvalue weighted by molar-refractivity contribution is 0.431. The van der Waals surface area contributed by atoms with Crippen LogP contribution in [0.25, 0.3) is 0 Å². The highest BCUT2D eigenvalue weighted by molar-refractivity contribution is 5.32. The van der Waals surface area contributed by atoms with Gasteiger partial charge in [-0.25, -0.2) is 4.39 Å². The van der Waals surface area contributed by atoms with Crippen LogP contribution in [0.5, 0.6) is 11.5 Å². The molecule has 0 aliphatic heterocycles. The average molecular weight is 246 g/mol. The van der Waals surface area contributed by atoms with E-state index in [2.05, 4.69) is 0 Å².